The van der Waals surface area contributed by atoms with Gasteiger partial charge in [0.15, 0.2) is 0 Å². The number of carbonyl (C=O) groups excluding carboxylic acids is 1. The smallest absolute Gasteiger partial charge is 0.251 e. The highest BCUT2D eigenvalue weighted by Crippen LogP contribution is 2.22. The van der Waals surface area contributed by atoms with E-state index in [1.54, 1.807) is 7.11 Å². The molecule has 0 aliphatic rings. The Balaban J connectivity index is 1.85. The third kappa shape index (κ3) is 3.72. The van der Waals surface area contributed by atoms with Crippen molar-refractivity contribution in [1.29, 1.82) is 0 Å². The van der Waals surface area contributed by atoms with Crippen molar-refractivity contribution in [3.8, 4) is 5.69 Å². The number of amides is 1. The van der Waals surface area contributed by atoms with Crippen molar-refractivity contribution in [3.63, 3.8) is 0 Å². The molecule has 2 aromatic carbocycles. The molecule has 0 radical (unpaired) electrons. The molecule has 0 fully saturated rings. The molecule has 0 aliphatic carbocycles. The summed E-state index contributed by atoms with van der Waals surface area (Å²) < 4.78 is 7.06. The Hall–Kier alpha value is -2.66. The van der Waals surface area contributed by atoms with Crippen molar-refractivity contribution < 1.29 is 9.53 Å². The largest absolute Gasteiger partial charge is 0.385 e. The van der Waals surface area contributed by atoms with Gasteiger partial charge in [-0.05, 0) is 42.7 Å². The van der Waals surface area contributed by atoms with Crippen LogP contribution in [-0.2, 0) is 11.2 Å². The lowest BCUT2D eigenvalue weighted by Crippen LogP contribution is -2.25. The van der Waals surface area contributed by atoms with Crippen LogP contribution in [0.2, 0.25) is 0 Å². The average molecular weight is 337 g/mol. The minimum atomic E-state index is -0.0819. The van der Waals surface area contributed by atoms with Crippen LogP contribution in [0.15, 0.2) is 48.8 Å². The fraction of sp³-hybridized carbons (Fsp3) is 0.300. The molecular formula is C20H23N3O2. The first-order valence-electron chi connectivity index (χ1n) is 8.57. The average Bonchev–Trinajstić information content (AvgIpc) is 3.08. The molecule has 5 heteroatoms. The molecule has 25 heavy (non-hydrogen) atoms. The number of carbonyl (C=O) groups is 1. The van der Waals surface area contributed by atoms with E-state index >= 15 is 0 Å². The number of hydrogen-bond acceptors (Lipinski definition) is 3. The molecule has 0 unspecified atom stereocenters. The van der Waals surface area contributed by atoms with Gasteiger partial charge in [0.25, 0.3) is 5.91 Å². The van der Waals surface area contributed by atoms with Gasteiger partial charge in [-0.25, -0.2) is 4.98 Å². The molecular weight excluding hydrogens is 314 g/mol. The summed E-state index contributed by atoms with van der Waals surface area (Å²) in [7, 11) is 1.66. The molecule has 0 spiro atoms. The predicted octanol–water partition coefficient (Wildman–Crippen LogP) is 3.35. The van der Waals surface area contributed by atoms with Crippen molar-refractivity contribution >= 4 is 16.9 Å². The molecule has 3 rings (SSSR count). The molecule has 130 valence electrons. The Bertz CT molecular complexity index is 870. The van der Waals surface area contributed by atoms with Crippen LogP contribution in [0.5, 0.6) is 0 Å². The van der Waals surface area contributed by atoms with Crippen LogP contribution in [0.1, 0.15) is 29.3 Å². The lowest BCUT2D eigenvalue weighted by atomic mass is 10.1. The van der Waals surface area contributed by atoms with Crippen molar-refractivity contribution in [2.24, 2.45) is 0 Å². The van der Waals surface area contributed by atoms with Crippen LogP contribution in [0.3, 0.4) is 0 Å². The summed E-state index contributed by atoms with van der Waals surface area (Å²) in [5.74, 6) is -0.0819. The van der Waals surface area contributed by atoms with E-state index in [1.807, 2.05) is 36.7 Å². The zero-order valence-electron chi connectivity index (χ0n) is 14.7. The number of imidazole rings is 1. The second kappa shape index (κ2) is 7.94. The lowest BCUT2D eigenvalue weighted by molar-refractivity contribution is 0.0948. The van der Waals surface area contributed by atoms with Crippen molar-refractivity contribution in [3.05, 3.63) is 59.9 Å². The van der Waals surface area contributed by atoms with Crippen LogP contribution in [-0.4, -0.2) is 35.7 Å². The maximum atomic E-state index is 12.2. The maximum absolute atomic E-state index is 12.2. The van der Waals surface area contributed by atoms with Crippen molar-refractivity contribution in [2.45, 2.75) is 19.8 Å². The van der Waals surface area contributed by atoms with Gasteiger partial charge < -0.3 is 10.1 Å². The predicted molar refractivity (Wildman–Crippen MR) is 99.3 cm³/mol. The van der Waals surface area contributed by atoms with Gasteiger partial charge in [-0.3, -0.25) is 9.36 Å². The quantitative estimate of drug-likeness (QED) is 0.673. The molecule has 3 aromatic rings. The fourth-order valence-corrected chi connectivity index (χ4v) is 2.91. The number of nitrogens with one attached hydrogen (secondary N) is 1. The van der Waals surface area contributed by atoms with Gasteiger partial charge in [0, 0.05) is 25.8 Å². The normalized spacial score (nSPS) is 11.0. The van der Waals surface area contributed by atoms with E-state index in [2.05, 4.69) is 33.9 Å². The Labute approximate surface area is 147 Å². The minimum absolute atomic E-state index is 0.0819. The second-order valence-corrected chi connectivity index (χ2v) is 5.90. The van der Waals surface area contributed by atoms with Crippen molar-refractivity contribution in [2.75, 3.05) is 20.3 Å². The van der Waals surface area contributed by atoms with E-state index in [0.717, 1.165) is 29.6 Å². The number of rotatable bonds is 7. The van der Waals surface area contributed by atoms with Crippen LogP contribution >= 0.6 is 0 Å². The number of aromatic nitrogens is 2. The van der Waals surface area contributed by atoms with E-state index in [0.29, 0.717) is 18.7 Å². The van der Waals surface area contributed by atoms with E-state index in [1.165, 1.54) is 5.56 Å². The molecule has 1 heterocycles. The van der Waals surface area contributed by atoms with Gasteiger partial charge >= 0.3 is 0 Å². The first kappa shape index (κ1) is 17.2. The minimum Gasteiger partial charge on any atom is -0.385 e. The molecule has 0 bridgehead atoms. The van der Waals surface area contributed by atoms with Crippen LogP contribution in [0, 0.1) is 0 Å². The van der Waals surface area contributed by atoms with E-state index in [-0.39, 0.29) is 5.91 Å². The number of benzene rings is 2. The van der Waals surface area contributed by atoms with Crippen LogP contribution < -0.4 is 5.32 Å². The number of nitrogens with zero attached hydrogens (tertiary/aromatic N) is 2. The van der Waals surface area contributed by atoms with E-state index < -0.39 is 0 Å². The Kier molecular flexibility index (Phi) is 5.46. The molecule has 1 N–H and O–H groups in total. The summed E-state index contributed by atoms with van der Waals surface area (Å²) in [5.41, 5.74) is 4.83. The molecule has 0 saturated carbocycles. The maximum Gasteiger partial charge on any atom is 0.251 e. The summed E-state index contributed by atoms with van der Waals surface area (Å²) in [6, 6.07) is 13.9. The zero-order chi connectivity index (χ0) is 17.6. The summed E-state index contributed by atoms with van der Waals surface area (Å²) >= 11 is 0. The zero-order valence-corrected chi connectivity index (χ0v) is 14.7. The third-order valence-corrected chi connectivity index (χ3v) is 4.25. The fourth-order valence-electron chi connectivity index (χ4n) is 2.91. The first-order valence-corrected chi connectivity index (χ1v) is 8.57. The Morgan fingerprint density at radius 3 is 2.88 bits per heavy atom. The van der Waals surface area contributed by atoms with Crippen LogP contribution in [0.25, 0.3) is 16.7 Å². The standard InChI is InChI=1S/C20H23N3O2/c1-3-15-7-4-5-8-18(15)23-14-22-17-13-16(9-10-19(17)23)20(24)21-11-6-12-25-2/h4-5,7-10,13-14H,3,6,11-12H2,1-2H3,(H,21,24). The summed E-state index contributed by atoms with van der Waals surface area (Å²) in [6.45, 7) is 3.38. The van der Waals surface area contributed by atoms with Gasteiger partial charge in [-0.15, -0.1) is 0 Å². The Morgan fingerprint density at radius 1 is 1.24 bits per heavy atom. The molecule has 0 atom stereocenters. The molecule has 0 aliphatic heterocycles. The molecule has 1 amide bonds. The van der Waals surface area contributed by atoms with E-state index in [4.69, 9.17) is 4.74 Å². The molecule has 0 saturated heterocycles. The first-order chi connectivity index (χ1) is 12.2. The summed E-state index contributed by atoms with van der Waals surface area (Å²) in [6.07, 6.45) is 3.57. The van der Waals surface area contributed by atoms with Gasteiger partial charge in [-0.1, -0.05) is 25.1 Å². The number of methoxy groups -OCH3 is 1. The third-order valence-electron chi connectivity index (χ3n) is 4.25. The van der Waals surface area contributed by atoms with Gasteiger partial charge in [0.1, 0.15) is 6.33 Å². The monoisotopic (exact) mass is 337 g/mol. The number of fused-ring (bicyclic) bond motifs is 1. The van der Waals surface area contributed by atoms with Gasteiger partial charge in [0.05, 0.1) is 16.7 Å². The van der Waals surface area contributed by atoms with Crippen LogP contribution in [0.4, 0.5) is 0 Å². The van der Waals surface area contributed by atoms with E-state index in [9.17, 15) is 4.79 Å². The Morgan fingerprint density at radius 2 is 2.08 bits per heavy atom. The van der Waals surface area contributed by atoms with Gasteiger partial charge in [0.2, 0.25) is 0 Å². The van der Waals surface area contributed by atoms with Crippen molar-refractivity contribution in [1.82, 2.24) is 14.9 Å². The topological polar surface area (TPSA) is 56.2 Å². The highest BCUT2D eigenvalue weighted by atomic mass is 16.5. The summed E-state index contributed by atoms with van der Waals surface area (Å²) in [4.78, 5) is 16.7. The lowest BCUT2D eigenvalue weighted by Gasteiger charge is -2.10. The summed E-state index contributed by atoms with van der Waals surface area (Å²) in [5, 5.41) is 2.90. The number of hydrogen-bond donors (Lipinski definition) is 1. The molecule has 1 aromatic heterocycles. The number of ether oxygens (including phenoxy) is 1. The highest BCUT2D eigenvalue weighted by molar-refractivity contribution is 5.97. The SMILES string of the molecule is CCc1ccccc1-n1cnc2cc(C(=O)NCCCOC)ccc21. The molecule has 5 nitrogen and oxygen atoms in total. The van der Waals surface area contributed by atoms with Gasteiger partial charge in [-0.2, -0.15) is 0 Å². The number of aryl methyl sites for hydroxylation is 1. The second-order valence-electron chi connectivity index (χ2n) is 5.90. The number of para-hydroxylation sites is 1. The highest BCUT2D eigenvalue weighted by Gasteiger charge is 2.11.